The van der Waals surface area contributed by atoms with Gasteiger partial charge in [0.1, 0.15) is 6.10 Å². The number of ether oxygens (including phenoxy) is 2. The number of nitrogens with two attached hydrogens (primary N) is 1. The summed E-state index contributed by atoms with van der Waals surface area (Å²) in [6, 6.07) is 10.1. The summed E-state index contributed by atoms with van der Waals surface area (Å²) < 4.78 is 11.1. The lowest BCUT2D eigenvalue weighted by Crippen LogP contribution is -2.12. The van der Waals surface area contributed by atoms with Crippen molar-refractivity contribution < 1.29 is 9.47 Å². The summed E-state index contributed by atoms with van der Waals surface area (Å²) in [4.78, 5) is 12.0. The molecule has 0 amide bonds. The van der Waals surface area contributed by atoms with Crippen LogP contribution in [0.15, 0.2) is 30.3 Å². The van der Waals surface area contributed by atoms with Gasteiger partial charge in [-0.3, -0.25) is 0 Å². The van der Waals surface area contributed by atoms with Crippen molar-refractivity contribution in [2.24, 2.45) is 0 Å². The van der Waals surface area contributed by atoms with E-state index in [-0.39, 0.29) is 30.2 Å². The molecule has 0 aliphatic heterocycles. The van der Waals surface area contributed by atoms with Crippen LogP contribution in [0.1, 0.15) is 32.4 Å². The Labute approximate surface area is 118 Å². The van der Waals surface area contributed by atoms with Crippen molar-refractivity contribution in [2.45, 2.75) is 33.0 Å². The van der Waals surface area contributed by atoms with Gasteiger partial charge in [0, 0.05) is 0 Å². The monoisotopic (exact) mass is 274 g/mol. The standard InChI is InChI=1S/C14H18N4O2/c1-9(2)19-13-16-12(15)17-14(18-13)20-10(3)11-7-5-4-6-8-11/h4-10H,1-3H3,(H2,15,16,17,18). The molecule has 20 heavy (non-hydrogen) atoms. The van der Waals surface area contributed by atoms with Gasteiger partial charge in [-0.15, -0.1) is 4.98 Å². The Hall–Kier alpha value is -2.37. The zero-order valence-electron chi connectivity index (χ0n) is 11.8. The SMILES string of the molecule is CC(C)Oc1nc(N)nc(OC(C)c2ccccc2)n1. The van der Waals surface area contributed by atoms with E-state index < -0.39 is 0 Å². The largest absolute Gasteiger partial charge is 0.461 e. The van der Waals surface area contributed by atoms with Gasteiger partial charge in [-0.2, -0.15) is 9.97 Å². The van der Waals surface area contributed by atoms with Crippen LogP contribution in [0.3, 0.4) is 0 Å². The van der Waals surface area contributed by atoms with Crippen molar-refractivity contribution in [2.75, 3.05) is 5.73 Å². The molecular weight excluding hydrogens is 256 g/mol. The summed E-state index contributed by atoms with van der Waals surface area (Å²) in [5.41, 5.74) is 6.65. The minimum Gasteiger partial charge on any atom is -0.461 e. The topological polar surface area (TPSA) is 83.2 Å². The van der Waals surface area contributed by atoms with Gasteiger partial charge in [0.05, 0.1) is 6.10 Å². The van der Waals surface area contributed by atoms with E-state index in [2.05, 4.69) is 15.0 Å². The van der Waals surface area contributed by atoms with Gasteiger partial charge in [-0.05, 0) is 26.3 Å². The van der Waals surface area contributed by atoms with Crippen LogP contribution >= 0.6 is 0 Å². The van der Waals surface area contributed by atoms with E-state index in [9.17, 15) is 0 Å². The Kier molecular flexibility index (Phi) is 4.34. The first-order valence-corrected chi connectivity index (χ1v) is 6.44. The minimum absolute atomic E-state index is 0.0452. The number of nitrogen functional groups attached to an aromatic ring is 1. The number of hydrogen-bond acceptors (Lipinski definition) is 6. The molecule has 0 spiro atoms. The molecule has 106 valence electrons. The van der Waals surface area contributed by atoms with E-state index in [1.165, 1.54) is 0 Å². The highest BCUT2D eigenvalue weighted by atomic mass is 16.5. The zero-order chi connectivity index (χ0) is 14.5. The van der Waals surface area contributed by atoms with Gasteiger partial charge < -0.3 is 15.2 Å². The van der Waals surface area contributed by atoms with Crippen LogP contribution in [0.5, 0.6) is 12.0 Å². The van der Waals surface area contributed by atoms with Crippen molar-refractivity contribution in [1.29, 1.82) is 0 Å². The molecule has 0 aliphatic carbocycles. The summed E-state index contributed by atoms with van der Waals surface area (Å²) in [6.07, 6.45) is -0.235. The van der Waals surface area contributed by atoms with E-state index in [0.717, 1.165) is 5.56 Å². The highest BCUT2D eigenvalue weighted by Gasteiger charge is 2.12. The van der Waals surface area contributed by atoms with E-state index in [1.807, 2.05) is 51.1 Å². The van der Waals surface area contributed by atoms with Crippen LogP contribution in [0, 0.1) is 0 Å². The van der Waals surface area contributed by atoms with Gasteiger partial charge >= 0.3 is 12.0 Å². The maximum Gasteiger partial charge on any atom is 0.325 e. The van der Waals surface area contributed by atoms with Crippen molar-refractivity contribution >= 4 is 5.95 Å². The van der Waals surface area contributed by atoms with Crippen LogP contribution in [0.4, 0.5) is 5.95 Å². The maximum atomic E-state index is 5.68. The Morgan fingerprint density at radius 2 is 1.50 bits per heavy atom. The number of anilines is 1. The smallest absolute Gasteiger partial charge is 0.325 e. The fourth-order valence-electron chi connectivity index (χ4n) is 1.62. The summed E-state index contributed by atoms with van der Waals surface area (Å²) in [7, 11) is 0. The second kappa shape index (κ2) is 6.18. The van der Waals surface area contributed by atoms with Crippen molar-refractivity contribution in [3.63, 3.8) is 0 Å². The third-order valence-corrected chi connectivity index (χ3v) is 2.50. The molecule has 2 rings (SSSR count). The van der Waals surface area contributed by atoms with Crippen LogP contribution in [-0.4, -0.2) is 21.1 Å². The average molecular weight is 274 g/mol. The van der Waals surface area contributed by atoms with Gasteiger partial charge in [0.25, 0.3) is 0 Å². The summed E-state index contributed by atoms with van der Waals surface area (Å²) in [5.74, 6) is 0.0749. The molecule has 1 heterocycles. The Morgan fingerprint density at radius 3 is 2.10 bits per heavy atom. The number of nitrogens with zero attached hydrogens (tertiary/aromatic N) is 3. The molecular formula is C14H18N4O2. The Morgan fingerprint density at radius 1 is 0.900 bits per heavy atom. The predicted molar refractivity (Wildman–Crippen MR) is 75.5 cm³/mol. The van der Waals surface area contributed by atoms with Crippen molar-refractivity contribution in [3.8, 4) is 12.0 Å². The molecule has 2 aromatic rings. The normalized spacial score (nSPS) is 12.2. The zero-order valence-corrected chi connectivity index (χ0v) is 11.8. The van der Waals surface area contributed by atoms with Crippen LogP contribution < -0.4 is 15.2 Å². The summed E-state index contributed by atoms with van der Waals surface area (Å²) in [5, 5.41) is 0. The fraction of sp³-hybridized carbons (Fsp3) is 0.357. The first-order valence-electron chi connectivity index (χ1n) is 6.44. The molecule has 1 aromatic heterocycles. The Bertz CT molecular complexity index is 560. The highest BCUT2D eigenvalue weighted by molar-refractivity contribution is 5.22. The first-order chi connectivity index (χ1) is 9.54. The molecule has 0 saturated carbocycles. The molecule has 0 saturated heterocycles. The number of hydrogen-bond donors (Lipinski definition) is 1. The van der Waals surface area contributed by atoms with Crippen LogP contribution in [0.2, 0.25) is 0 Å². The quantitative estimate of drug-likeness (QED) is 0.901. The lowest BCUT2D eigenvalue weighted by atomic mass is 10.1. The first kappa shape index (κ1) is 14.0. The Balaban J connectivity index is 2.14. The van der Waals surface area contributed by atoms with E-state index in [1.54, 1.807) is 0 Å². The van der Waals surface area contributed by atoms with Crippen LogP contribution in [0.25, 0.3) is 0 Å². The van der Waals surface area contributed by atoms with Gasteiger partial charge in [0.15, 0.2) is 0 Å². The lowest BCUT2D eigenvalue weighted by molar-refractivity contribution is 0.189. The third kappa shape index (κ3) is 3.81. The number of rotatable bonds is 5. The van der Waals surface area contributed by atoms with Crippen molar-refractivity contribution in [1.82, 2.24) is 15.0 Å². The second-order valence-corrected chi connectivity index (χ2v) is 4.60. The molecule has 1 aromatic carbocycles. The molecule has 6 nitrogen and oxygen atoms in total. The van der Waals surface area contributed by atoms with Gasteiger partial charge in [-0.25, -0.2) is 0 Å². The van der Waals surface area contributed by atoms with Crippen molar-refractivity contribution in [3.05, 3.63) is 35.9 Å². The molecule has 0 radical (unpaired) electrons. The number of aromatic nitrogens is 3. The van der Waals surface area contributed by atoms with Crippen LogP contribution in [-0.2, 0) is 0 Å². The molecule has 2 N–H and O–H groups in total. The molecule has 6 heteroatoms. The highest BCUT2D eigenvalue weighted by Crippen LogP contribution is 2.20. The molecule has 1 unspecified atom stereocenters. The molecule has 0 bridgehead atoms. The summed E-state index contributed by atoms with van der Waals surface area (Å²) >= 11 is 0. The van der Waals surface area contributed by atoms with Gasteiger partial charge in [0.2, 0.25) is 5.95 Å². The third-order valence-electron chi connectivity index (χ3n) is 2.50. The lowest BCUT2D eigenvalue weighted by Gasteiger charge is -2.14. The summed E-state index contributed by atoms with van der Waals surface area (Å²) in [6.45, 7) is 5.68. The van der Waals surface area contributed by atoms with E-state index in [0.29, 0.717) is 0 Å². The number of benzene rings is 1. The van der Waals surface area contributed by atoms with E-state index >= 15 is 0 Å². The minimum atomic E-state index is -0.190. The average Bonchev–Trinajstić information content (AvgIpc) is 2.38. The molecule has 0 aliphatic rings. The molecule has 1 atom stereocenters. The fourth-order valence-corrected chi connectivity index (χ4v) is 1.62. The maximum absolute atomic E-state index is 5.68. The van der Waals surface area contributed by atoms with Gasteiger partial charge in [-0.1, -0.05) is 30.3 Å². The molecule has 0 fully saturated rings. The second-order valence-electron chi connectivity index (χ2n) is 4.60. The predicted octanol–water partition coefficient (Wildman–Crippen LogP) is 2.38. The van der Waals surface area contributed by atoms with E-state index in [4.69, 9.17) is 15.2 Å².